The molecule has 0 aromatic rings. The molecule has 0 spiro atoms. The molecule has 0 radical (unpaired) electrons. The van der Waals surface area contributed by atoms with Crippen molar-refractivity contribution in [1.82, 2.24) is 0 Å². The van der Waals surface area contributed by atoms with Crippen molar-refractivity contribution >= 4 is 63.7 Å². The summed E-state index contributed by atoms with van der Waals surface area (Å²) in [5.41, 5.74) is 0. The molecule has 13 heavy (non-hydrogen) atoms. The third-order valence-electron chi connectivity index (χ3n) is 1.58. The number of halogens is 4. The number of aliphatic hydroxyl groups excluding tert-OH is 2. The van der Waals surface area contributed by atoms with Crippen LogP contribution in [0, 0.1) is 0 Å². The Labute approximate surface area is 112 Å². The minimum Gasteiger partial charge on any atom is -0.395 e. The van der Waals surface area contributed by atoms with Crippen molar-refractivity contribution in [1.29, 1.82) is 0 Å². The van der Waals surface area contributed by atoms with Gasteiger partial charge in [0, 0.05) is 9.65 Å². The molecule has 6 heteroatoms. The van der Waals surface area contributed by atoms with Crippen molar-refractivity contribution in [3.8, 4) is 0 Å². The Hall–Kier alpha value is 1.84. The molecule has 2 N–H and O–H groups in total. The van der Waals surface area contributed by atoms with Gasteiger partial charge in [0.2, 0.25) is 0 Å². The minimum atomic E-state index is 0.0472. The second-order valence-electron chi connectivity index (χ2n) is 2.66. The standard InChI is InChI=1S/C7H12Br4O2/c8-4(6(10)2-12)1-5(9)7(11)3-13/h4-7,12-13H,1-3H2/t4-,5+,6-,7-/m0/s1. The fraction of sp³-hybridized carbons (Fsp3) is 1.00. The molecule has 0 heterocycles. The van der Waals surface area contributed by atoms with Crippen LogP contribution in [0.1, 0.15) is 6.42 Å². The highest BCUT2D eigenvalue weighted by Crippen LogP contribution is 2.26. The first-order valence-corrected chi connectivity index (χ1v) is 7.47. The van der Waals surface area contributed by atoms with Crippen LogP contribution in [0.2, 0.25) is 0 Å². The van der Waals surface area contributed by atoms with Crippen LogP contribution in [-0.2, 0) is 0 Å². The molecule has 0 bridgehead atoms. The maximum atomic E-state index is 8.86. The van der Waals surface area contributed by atoms with Gasteiger partial charge in [-0.05, 0) is 6.42 Å². The predicted octanol–water partition coefficient (Wildman–Crippen LogP) is 2.42. The Morgan fingerprint density at radius 1 is 0.692 bits per heavy atom. The lowest BCUT2D eigenvalue weighted by molar-refractivity contribution is 0.285. The highest BCUT2D eigenvalue weighted by atomic mass is 79.9. The van der Waals surface area contributed by atoms with Crippen molar-refractivity contribution < 1.29 is 10.2 Å². The average molecular weight is 448 g/mol. The molecule has 4 atom stereocenters. The van der Waals surface area contributed by atoms with Crippen LogP contribution in [0.4, 0.5) is 0 Å². The summed E-state index contributed by atoms with van der Waals surface area (Å²) in [6, 6.07) is 0. The van der Waals surface area contributed by atoms with E-state index in [2.05, 4.69) is 63.7 Å². The first-order valence-electron chi connectivity index (χ1n) is 3.80. The molecule has 0 aliphatic rings. The number of aliphatic hydroxyl groups is 2. The van der Waals surface area contributed by atoms with E-state index in [1.54, 1.807) is 0 Å². The van der Waals surface area contributed by atoms with E-state index in [1.807, 2.05) is 0 Å². The molecule has 80 valence electrons. The molecule has 0 saturated heterocycles. The van der Waals surface area contributed by atoms with Gasteiger partial charge in [0.25, 0.3) is 0 Å². The maximum Gasteiger partial charge on any atom is 0.0567 e. The van der Waals surface area contributed by atoms with Crippen LogP contribution in [0.5, 0.6) is 0 Å². The highest BCUT2D eigenvalue weighted by Gasteiger charge is 2.22. The van der Waals surface area contributed by atoms with Gasteiger partial charge in [-0.3, -0.25) is 0 Å². The van der Waals surface area contributed by atoms with Crippen LogP contribution < -0.4 is 0 Å². The summed E-state index contributed by atoms with van der Waals surface area (Å²) in [6.07, 6.45) is 0.826. The highest BCUT2D eigenvalue weighted by molar-refractivity contribution is 9.13. The number of alkyl halides is 4. The van der Waals surface area contributed by atoms with Crippen LogP contribution in [0.25, 0.3) is 0 Å². The van der Waals surface area contributed by atoms with Gasteiger partial charge < -0.3 is 10.2 Å². The van der Waals surface area contributed by atoms with Gasteiger partial charge >= 0.3 is 0 Å². The average Bonchev–Trinajstić information content (AvgIpc) is 2.14. The molecule has 0 aromatic carbocycles. The number of hydrogen-bond donors (Lipinski definition) is 2. The summed E-state index contributed by atoms with van der Waals surface area (Å²) in [6.45, 7) is 0.198. The summed E-state index contributed by atoms with van der Waals surface area (Å²) in [5, 5.41) is 17.7. The fourth-order valence-electron chi connectivity index (χ4n) is 0.739. The molecule has 0 aliphatic heterocycles. The van der Waals surface area contributed by atoms with E-state index < -0.39 is 0 Å². The fourth-order valence-corrected chi connectivity index (χ4v) is 2.81. The van der Waals surface area contributed by atoms with Gasteiger partial charge in [-0.25, -0.2) is 0 Å². The molecule has 0 fully saturated rings. The van der Waals surface area contributed by atoms with E-state index >= 15 is 0 Å². The first kappa shape index (κ1) is 14.8. The van der Waals surface area contributed by atoms with Crippen molar-refractivity contribution in [2.75, 3.05) is 13.2 Å². The van der Waals surface area contributed by atoms with Gasteiger partial charge in [-0.2, -0.15) is 0 Å². The van der Waals surface area contributed by atoms with Crippen LogP contribution in [-0.4, -0.2) is 42.7 Å². The van der Waals surface area contributed by atoms with Gasteiger partial charge in [-0.15, -0.1) is 0 Å². The first-order chi connectivity index (χ1) is 6.02. The van der Waals surface area contributed by atoms with Crippen LogP contribution in [0.3, 0.4) is 0 Å². The molecular formula is C7H12Br4O2. The van der Waals surface area contributed by atoms with E-state index in [1.165, 1.54) is 0 Å². The van der Waals surface area contributed by atoms with E-state index in [9.17, 15) is 0 Å². The quantitative estimate of drug-likeness (QED) is 0.614. The molecule has 0 amide bonds. The number of rotatable bonds is 6. The van der Waals surface area contributed by atoms with E-state index in [0.29, 0.717) is 0 Å². The Bertz CT molecular complexity index is 122. The molecular weight excluding hydrogens is 436 g/mol. The summed E-state index contributed by atoms with van der Waals surface area (Å²) in [7, 11) is 0. The zero-order valence-electron chi connectivity index (χ0n) is 6.84. The lowest BCUT2D eigenvalue weighted by Gasteiger charge is -2.20. The zero-order valence-corrected chi connectivity index (χ0v) is 13.2. The van der Waals surface area contributed by atoms with E-state index in [0.717, 1.165) is 6.42 Å². The molecule has 0 unspecified atom stereocenters. The minimum absolute atomic E-state index is 0.0472. The van der Waals surface area contributed by atoms with Gasteiger partial charge in [0.05, 0.1) is 22.9 Å². The van der Waals surface area contributed by atoms with E-state index in [-0.39, 0.29) is 32.5 Å². The van der Waals surface area contributed by atoms with Gasteiger partial charge in [0.15, 0.2) is 0 Å². The second-order valence-corrected chi connectivity index (χ2v) is 7.37. The topological polar surface area (TPSA) is 40.5 Å². The van der Waals surface area contributed by atoms with E-state index in [4.69, 9.17) is 10.2 Å². The third-order valence-corrected chi connectivity index (χ3v) is 6.88. The summed E-state index contributed by atoms with van der Waals surface area (Å²) >= 11 is 13.6. The Morgan fingerprint density at radius 2 is 1.00 bits per heavy atom. The Kier molecular flexibility index (Phi) is 9.18. The Morgan fingerprint density at radius 3 is 1.23 bits per heavy atom. The zero-order chi connectivity index (χ0) is 10.4. The Balaban J connectivity index is 3.83. The second kappa shape index (κ2) is 8.05. The maximum absolute atomic E-state index is 8.86. The lowest BCUT2D eigenvalue weighted by Crippen LogP contribution is -2.27. The van der Waals surface area contributed by atoms with Crippen molar-refractivity contribution in [2.45, 2.75) is 25.7 Å². The van der Waals surface area contributed by atoms with Gasteiger partial charge in [-0.1, -0.05) is 63.7 Å². The summed E-state index contributed by atoms with van der Waals surface area (Å²) < 4.78 is 0. The third kappa shape index (κ3) is 6.10. The SMILES string of the molecule is OC[C@H](Br)[C@H](Br)C[C@H](Br)[C@@H](Br)CO. The lowest BCUT2D eigenvalue weighted by atomic mass is 10.1. The monoisotopic (exact) mass is 444 g/mol. The molecule has 0 rings (SSSR count). The summed E-state index contributed by atoms with van der Waals surface area (Å²) in [4.78, 5) is 0.471. The van der Waals surface area contributed by atoms with Crippen LogP contribution >= 0.6 is 63.7 Å². The summed E-state index contributed by atoms with van der Waals surface area (Å²) in [5.74, 6) is 0. The van der Waals surface area contributed by atoms with Crippen molar-refractivity contribution in [3.05, 3.63) is 0 Å². The van der Waals surface area contributed by atoms with Crippen LogP contribution in [0.15, 0.2) is 0 Å². The molecule has 0 aliphatic carbocycles. The van der Waals surface area contributed by atoms with Crippen molar-refractivity contribution in [2.24, 2.45) is 0 Å². The number of hydrogen-bond acceptors (Lipinski definition) is 2. The smallest absolute Gasteiger partial charge is 0.0567 e. The van der Waals surface area contributed by atoms with Crippen molar-refractivity contribution in [3.63, 3.8) is 0 Å². The molecule has 2 nitrogen and oxygen atoms in total. The van der Waals surface area contributed by atoms with Gasteiger partial charge in [0.1, 0.15) is 0 Å². The molecule has 0 saturated carbocycles. The normalized spacial score (nSPS) is 20.8. The predicted molar refractivity (Wildman–Crippen MR) is 69.6 cm³/mol. The molecule has 0 aromatic heterocycles. The largest absolute Gasteiger partial charge is 0.395 e.